The highest BCUT2D eigenvalue weighted by Crippen LogP contribution is 2.27. The Morgan fingerprint density at radius 3 is 2.10 bits per heavy atom. The molecule has 1 N–H and O–H groups in total. The molecule has 2 aromatic carbocycles. The van der Waals surface area contributed by atoms with E-state index in [1.807, 2.05) is 19.1 Å². The maximum absolute atomic E-state index is 12.6. The second-order valence-corrected chi connectivity index (χ2v) is 6.77. The second-order valence-electron chi connectivity index (χ2n) is 6.36. The van der Waals surface area contributed by atoms with E-state index in [4.69, 9.17) is 16.0 Å². The molecule has 0 saturated heterocycles. The van der Waals surface area contributed by atoms with Crippen molar-refractivity contribution in [1.82, 2.24) is 0 Å². The van der Waals surface area contributed by atoms with Gasteiger partial charge in [0.15, 0.2) is 5.76 Å². The molecule has 30 heavy (non-hydrogen) atoms. The fourth-order valence-corrected chi connectivity index (χ4v) is 2.91. The van der Waals surface area contributed by atoms with Crippen LogP contribution in [0.15, 0.2) is 52.9 Å². The molecule has 1 heterocycles. The molecule has 154 valence electrons. The molecular formula is C22H18ClNO6. The van der Waals surface area contributed by atoms with Crippen molar-refractivity contribution in [2.75, 3.05) is 19.5 Å². The van der Waals surface area contributed by atoms with E-state index >= 15 is 0 Å². The maximum Gasteiger partial charge on any atom is 0.337 e. The van der Waals surface area contributed by atoms with E-state index in [0.717, 1.165) is 11.1 Å². The summed E-state index contributed by atoms with van der Waals surface area (Å²) in [7, 11) is 2.43. The highest BCUT2D eigenvalue weighted by Gasteiger charge is 2.17. The van der Waals surface area contributed by atoms with Gasteiger partial charge in [-0.3, -0.25) is 4.79 Å². The van der Waals surface area contributed by atoms with E-state index in [1.54, 1.807) is 12.1 Å². The highest BCUT2D eigenvalue weighted by molar-refractivity contribution is 6.31. The molecule has 3 rings (SSSR count). The smallest absolute Gasteiger partial charge is 0.337 e. The van der Waals surface area contributed by atoms with Gasteiger partial charge >= 0.3 is 11.9 Å². The summed E-state index contributed by atoms with van der Waals surface area (Å²) in [5, 5.41) is 3.20. The van der Waals surface area contributed by atoms with Crippen LogP contribution in [-0.2, 0) is 9.47 Å². The number of ether oxygens (including phenoxy) is 2. The van der Waals surface area contributed by atoms with Crippen molar-refractivity contribution in [1.29, 1.82) is 0 Å². The molecular weight excluding hydrogens is 410 g/mol. The number of hydrogen-bond donors (Lipinski definition) is 1. The summed E-state index contributed by atoms with van der Waals surface area (Å²) in [4.78, 5) is 36.4. The number of esters is 2. The van der Waals surface area contributed by atoms with Gasteiger partial charge in [0, 0.05) is 16.3 Å². The molecule has 0 fully saturated rings. The normalized spacial score (nSPS) is 10.4. The zero-order valence-electron chi connectivity index (χ0n) is 16.4. The number of halogens is 1. The minimum atomic E-state index is -0.659. The predicted octanol–water partition coefficient (Wildman–Crippen LogP) is 4.73. The largest absolute Gasteiger partial charge is 0.465 e. The van der Waals surface area contributed by atoms with Crippen LogP contribution in [0.2, 0.25) is 5.02 Å². The number of furan rings is 1. The lowest BCUT2D eigenvalue weighted by atomic mass is 10.1. The molecule has 1 aromatic heterocycles. The van der Waals surface area contributed by atoms with Gasteiger partial charge in [-0.25, -0.2) is 9.59 Å². The van der Waals surface area contributed by atoms with E-state index in [-0.39, 0.29) is 22.6 Å². The van der Waals surface area contributed by atoms with Gasteiger partial charge in [0.25, 0.3) is 5.91 Å². The topological polar surface area (TPSA) is 94.8 Å². The maximum atomic E-state index is 12.6. The van der Waals surface area contributed by atoms with E-state index in [1.165, 1.54) is 38.5 Å². The average Bonchev–Trinajstić information content (AvgIpc) is 3.24. The SMILES string of the molecule is COC(=O)c1cc(NC(=O)c2ccc(-c3ccc(C)c(Cl)c3)o2)cc(C(=O)OC)c1. The third kappa shape index (κ3) is 4.52. The number of anilines is 1. The molecule has 0 aliphatic heterocycles. The Morgan fingerprint density at radius 1 is 0.900 bits per heavy atom. The molecule has 8 heteroatoms. The second kappa shape index (κ2) is 8.84. The number of benzene rings is 2. The Hall–Kier alpha value is -3.58. The first-order valence-electron chi connectivity index (χ1n) is 8.82. The first-order valence-corrected chi connectivity index (χ1v) is 9.19. The quantitative estimate of drug-likeness (QED) is 0.591. The van der Waals surface area contributed by atoms with Gasteiger partial charge in [-0.2, -0.15) is 0 Å². The van der Waals surface area contributed by atoms with Gasteiger partial charge in [0.05, 0.1) is 25.3 Å². The summed E-state index contributed by atoms with van der Waals surface area (Å²) in [5.74, 6) is -1.36. The number of nitrogens with one attached hydrogen (secondary N) is 1. The fourth-order valence-electron chi connectivity index (χ4n) is 2.73. The third-order valence-corrected chi connectivity index (χ3v) is 4.73. The lowest BCUT2D eigenvalue weighted by Crippen LogP contribution is -2.13. The van der Waals surface area contributed by atoms with Crippen molar-refractivity contribution in [3.63, 3.8) is 0 Å². The summed E-state index contributed by atoms with van der Waals surface area (Å²) in [6.07, 6.45) is 0. The molecule has 0 spiro atoms. The number of carbonyl (C=O) groups is 3. The predicted molar refractivity (Wildman–Crippen MR) is 111 cm³/mol. The minimum Gasteiger partial charge on any atom is -0.465 e. The molecule has 3 aromatic rings. The van der Waals surface area contributed by atoms with Crippen molar-refractivity contribution in [3.05, 3.63) is 76.0 Å². The molecule has 0 unspecified atom stereocenters. The van der Waals surface area contributed by atoms with Gasteiger partial charge < -0.3 is 19.2 Å². The summed E-state index contributed by atoms with van der Waals surface area (Å²) >= 11 is 6.15. The summed E-state index contributed by atoms with van der Waals surface area (Å²) in [6, 6.07) is 12.7. The molecule has 0 atom stereocenters. The molecule has 0 radical (unpaired) electrons. The molecule has 7 nitrogen and oxygen atoms in total. The van der Waals surface area contributed by atoms with Crippen LogP contribution >= 0.6 is 11.6 Å². The average molecular weight is 428 g/mol. The van der Waals surface area contributed by atoms with Gasteiger partial charge in [0.2, 0.25) is 0 Å². The Labute approximate surface area is 177 Å². The Balaban J connectivity index is 1.87. The Morgan fingerprint density at radius 2 is 1.53 bits per heavy atom. The van der Waals surface area contributed by atoms with Crippen LogP contribution in [0.1, 0.15) is 36.8 Å². The van der Waals surface area contributed by atoms with Crippen LogP contribution < -0.4 is 5.32 Å². The van der Waals surface area contributed by atoms with Gasteiger partial charge in [-0.15, -0.1) is 0 Å². The van der Waals surface area contributed by atoms with Crippen LogP contribution in [-0.4, -0.2) is 32.1 Å². The zero-order valence-corrected chi connectivity index (χ0v) is 17.2. The molecule has 1 amide bonds. The van der Waals surface area contributed by atoms with E-state index in [0.29, 0.717) is 10.8 Å². The summed E-state index contributed by atoms with van der Waals surface area (Å²) < 4.78 is 15.0. The van der Waals surface area contributed by atoms with Crippen molar-refractivity contribution in [2.24, 2.45) is 0 Å². The van der Waals surface area contributed by atoms with Gasteiger partial charge in [0.1, 0.15) is 5.76 Å². The first-order chi connectivity index (χ1) is 14.3. The summed E-state index contributed by atoms with van der Waals surface area (Å²) in [6.45, 7) is 1.89. The third-order valence-electron chi connectivity index (χ3n) is 4.32. The highest BCUT2D eigenvalue weighted by atomic mass is 35.5. The van der Waals surface area contributed by atoms with Crippen molar-refractivity contribution in [3.8, 4) is 11.3 Å². The van der Waals surface area contributed by atoms with Gasteiger partial charge in [-0.05, 0) is 48.9 Å². The van der Waals surface area contributed by atoms with Crippen LogP contribution in [0.4, 0.5) is 5.69 Å². The zero-order chi connectivity index (χ0) is 21.8. The minimum absolute atomic E-state index is 0.0461. The monoisotopic (exact) mass is 427 g/mol. The lowest BCUT2D eigenvalue weighted by molar-refractivity contribution is 0.0599. The van der Waals surface area contributed by atoms with Crippen LogP contribution in [0.3, 0.4) is 0 Å². The number of amides is 1. The molecule has 0 saturated carbocycles. The van der Waals surface area contributed by atoms with Crippen LogP contribution in [0.25, 0.3) is 11.3 Å². The van der Waals surface area contributed by atoms with Crippen LogP contribution in [0, 0.1) is 6.92 Å². The lowest BCUT2D eigenvalue weighted by Gasteiger charge is -2.09. The van der Waals surface area contributed by atoms with Crippen molar-refractivity contribution in [2.45, 2.75) is 6.92 Å². The van der Waals surface area contributed by atoms with Crippen LogP contribution in [0.5, 0.6) is 0 Å². The van der Waals surface area contributed by atoms with Gasteiger partial charge in [-0.1, -0.05) is 23.7 Å². The standard InChI is InChI=1S/C22H18ClNO6/c1-12-4-5-13(11-17(12)23)18-6-7-19(30-18)20(25)24-16-9-14(21(26)28-2)8-15(10-16)22(27)29-3/h4-11H,1-3H3,(H,24,25). The molecule has 0 aliphatic rings. The molecule has 0 bridgehead atoms. The van der Waals surface area contributed by atoms with Crippen molar-refractivity contribution >= 4 is 35.1 Å². The summed E-state index contributed by atoms with van der Waals surface area (Å²) in [5.41, 5.74) is 2.04. The number of carbonyl (C=O) groups excluding carboxylic acids is 3. The Kier molecular flexibility index (Phi) is 6.23. The molecule has 0 aliphatic carbocycles. The number of aryl methyl sites for hydroxylation is 1. The fraction of sp³-hybridized carbons (Fsp3) is 0.136. The van der Waals surface area contributed by atoms with E-state index < -0.39 is 17.8 Å². The number of hydrogen-bond acceptors (Lipinski definition) is 6. The number of rotatable bonds is 5. The van der Waals surface area contributed by atoms with E-state index in [2.05, 4.69) is 14.8 Å². The van der Waals surface area contributed by atoms with E-state index in [9.17, 15) is 14.4 Å². The first kappa shape index (κ1) is 21.1. The van der Waals surface area contributed by atoms with Crippen molar-refractivity contribution < 1.29 is 28.3 Å². The number of methoxy groups -OCH3 is 2. The Bertz CT molecular complexity index is 1100.